The van der Waals surface area contributed by atoms with Crippen LogP contribution in [0, 0.1) is 0 Å². The minimum atomic E-state index is -0.487. The van der Waals surface area contributed by atoms with E-state index in [1.165, 1.54) is 0 Å². The summed E-state index contributed by atoms with van der Waals surface area (Å²) in [6.07, 6.45) is 3.65. The quantitative estimate of drug-likeness (QED) is 0.922. The third-order valence-electron chi connectivity index (χ3n) is 5.25. The van der Waals surface area contributed by atoms with Gasteiger partial charge in [-0.1, -0.05) is 23.7 Å². The van der Waals surface area contributed by atoms with E-state index >= 15 is 0 Å². The Morgan fingerprint density at radius 3 is 2.87 bits per heavy atom. The number of piperidine rings is 1. The normalized spacial score (nSPS) is 24.4. The highest BCUT2D eigenvalue weighted by atomic mass is 35.5. The number of carbonyl (C=O) groups is 1. The summed E-state index contributed by atoms with van der Waals surface area (Å²) in [6, 6.07) is 8.18. The van der Waals surface area contributed by atoms with Crippen molar-refractivity contribution in [3.63, 3.8) is 0 Å². The molecular weight excluding hydrogens is 312 g/mol. The number of amides is 1. The lowest BCUT2D eigenvalue weighted by Gasteiger charge is -2.42. The van der Waals surface area contributed by atoms with Crippen LogP contribution in [0.5, 0.6) is 0 Å². The maximum Gasteiger partial charge on any atom is 0.233 e. The predicted molar refractivity (Wildman–Crippen MR) is 91.8 cm³/mol. The molecule has 1 atom stereocenters. The SMILES string of the molecule is CN[C@@H]1CCCN(C(=O)C2(c3cccc(Cl)c3)CCOCC2)C1. The van der Waals surface area contributed by atoms with E-state index in [1.54, 1.807) is 0 Å². The zero-order valence-electron chi connectivity index (χ0n) is 13.7. The number of hydrogen-bond acceptors (Lipinski definition) is 3. The van der Waals surface area contributed by atoms with Crippen molar-refractivity contribution in [3.05, 3.63) is 34.9 Å². The number of likely N-dealkylation sites (tertiary alicyclic amines) is 1. The Bertz CT molecular complexity index is 558. The summed E-state index contributed by atoms with van der Waals surface area (Å²) in [5.74, 6) is 0.239. The van der Waals surface area contributed by atoms with Gasteiger partial charge in [0, 0.05) is 37.4 Å². The van der Waals surface area contributed by atoms with Gasteiger partial charge in [-0.3, -0.25) is 4.79 Å². The van der Waals surface area contributed by atoms with Gasteiger partial charge in [0.05, 0.1) is 5.41 Å². The van der Waals surface area contributed by atoms with E-state index in [0.717, 1.165) is 44.3 Å². The monoisotopic (exact) mass is 336 g/mol. The van der Waals surface area contributed by atoms with E-state index in [-0.39, 0.29) is 5.91 Å². The second kappa shape index (κ2) is 7.20. The number of carbonyl (C=O) groups excluding carboxylic acids is 1. The van der Waals surface area contributed by atoms with Gasteiger partial charge in [0.1, 0.15) is 0 Å². The lowest BCUT2D eigenvalue weighted by atomic mass is 9.72. The largest absolute Gasteiger partial charge is 0.381 e. The molecular formula is C18H25ClN2O2. The third kappa shape index (κ3) is 3.39. The van der Waals surface area contributed by atoms with Crippen LogP contribution in [0.25, 0.3) is 0 Å². The number of ether oxygens (including phenoxy) is 1. The lowest BCUT2D eigenvalue weighted by Crippen LogP contribution is -2.55. The van der Waals surface area contributed by atoms with E-state index in [4.69, 9.17) is 16.3 Å². The number of benzene rings is 1. The van der Waals surface area contributed by atoms with Crippen LogP contribution in [0.4, 0.5) is 0 Å². The lowest BCUT2D eigenvalue weighted by molar-refractivity contribution is -0.142. The number of halogens is 1. The molecule has 3 rings (SSSR count). The first-order chi connectivity index (χ1) is 11.2. The van der Waals surface area contributed by atoms with E-state index < -0.39 is 5.41 Å². The third-order valence-corrected chi connectivity index (χ3v) is 5.48. The molecule has 5 heteroatoms. The number of nitrogens with zero attached hydrogens (tertiary/aromatic N) is 1. The number of hydrogen-bond donors (Lipinski definition) is 1. The van der Waals surface area contributed by atoms with Gasteiger partial charge >= 0.3 is 0 Å². The van der Waals surface area contributed by atoms with E-state index in [1.807, 2.05) is 36.2 Å². The van der Waals surface area contributed by atoms with Gasteiger partial charge in [-0.15, -0.1) is 0 Å². The zero-order valence-corrected chi connectivity index (χ0v) is 14.4. The van der Waals surface area contributed by atoms with Gasteiger partial charge in [0.2, 0.25) is 5.91 Å². The van der Waals surface area contributed by atoms with Crippen LogP contribution in [-0.4, -0.2) is 50.2 Å². The van der Waals surface area contributed by atoms with Crippen molar-refractivity contribution in [2.75, 3.05) is 33.4 Å². The maximum atomic E-state index is 13.4. The topological polar surface area (TPSA) is 41.6 Å². The summed E-state index contributed by atoms with van der Waals surface area (Å²) in [5.41, 5.74) is 0.545. The summed E-state index contributed by atoms with van der Waals surface area (Å²) in [7, 11) is 1.97. The van der Waals surface area contributed by atoms with Gasteiger partial charge in [-0.25, -0.2) is 0 Å². The number of nitrogens with one attached hydrogen (secondary N) is 1. The molecule has 0 spiro atoms. The van der Waals surface area contributed by atoms with Crippen molar-refractivity contribution in [3.8, 4) is 0 Å². The molecule has 0 aliphatic carbocycles. The first kappa shape index (κ1) is 16.7. The van der Waals surface area contributed by atoms with Gasteiger partial charge in [-0.05, 0) is 50.4 Å². The molecule has 1 amide bonds. The van der Waals surface area contributed by atoms with Crippen LogP contribution in [0.1, 0.15) is 31.2 Å². The van der Waals surface area contributed by atoms with Crippen molar-refractivity contribution < 1.29 is 9.53 Å². The molecule has 4 nitrogen and oxygen atoms in total. The molecule has 0 radical (unpaired) electrons. The van der Waals surface area contributed by atoms with Crippen LogP contribution >= 0.6 is 11.6 Å². The fraction of sp³-hybridized carbons (Fsp3) is 0.611. The molecule has 0 unspecified atom stereocenters. The molecule has 2 heterocycles. The second-order valence-electron chi connectivity index (χ2n) is 6.58. The fourth-order valence-corrected chi connectivity index (χ4v) is 4.02. The molecule has 0 bridgehead atoms. The summed E-state index contributed by atoms with van der Waals surface area (Å²) in [6.45, 7) is 2.89. The number of likely N-dealkylation sites (N-methyl/N-ethyl adjacent to an activating group) is 1. The molecule has 2 fully saturated rings. The maximum absolute atomic E-state index is 13.4. The zero-order chi connectivity index (χ0) is 16.3. The molecule has 1 aromatic rings. The standard InChI is InChI=1S/C18H25ClN2O2/c1-20-16-6-3-9-21(13-16)17(22)18(7-10-23-11-8-18)14-4-2-5-15(19)12-14/h2,4-5,12,16,20H,3,6-11,13H2,1H3/t16-/m1/s1. The van der Waals surface area contributed by atoms with Gasteiger partial charge in [0.25, 0.3) is 0 Å². The first-order valence-electron chi connectivity index (χ1n) is 8.46. The van der Waals surface area contributed by atoms with Crippen LogP contribution < -0.4 is 5.32 Å². The Morgan fingerprint density at radius 1 is 1.39 bits per heavy atom. The van der Waals surface area contributed by atoms with Crippen LogP contribution in [0.3, 0.4) is 0 Å². The van der Waals surface area contributed by atoms with Gasteiger partial charge in [-0.2, -0.15) is 0 Å². The summed E-state index contributed by atoms with van der Waals surface area (Å²) in [4.78, 5) is 15.5. The molecule has 2 saturated heterocycles. The molecule has 0 saturated carbocycles. The molecule has 2 aliphatic rings. The highest BCUT2D eigenvalue weighted by Crippen LogP contribution is 2.38. The van der Waals surface area contributed by atoms with Crippen molar-refractivity contribution in [2.45, 2.75) is 37.1 Å². The van der Waals surface area contributed by atoms with Crippen LogP contribution in [-0.2, 0) is 14.9 Å². The Balaban J connectivity index is 1.90. The first-order valence-corrected chi connectivity index (χ1v) is 8.84. The van der Waals surface area contributed by atoms with Crippen molar-refractivity contribution in [1.82, 2.24) is 10.2 Å². The average Bonchev–Trinajstić information content (AvgIpc) is 2.61. The molecule has 1 N–H and O–H groups in total. The van der Waals surface area contributed by atoms with Gasteiger partial charge < -0.3 is 15.0 Å². The average molecular weight is 337 g/mol. The Labute approximate surface area is 143 Å². The van der Waals surface area contributed by atoms with E-state index in [0.29, 0.717) is 24.3 Å². The Kier molecular flexibility index (Phi) is 5.24. The molecule has 23 heavy (non-hydrogen) atoms. The molecule has 0 aromatic heterocycles. The second-order valence-corrected chi connectivity index (χ2v) is 7.02. The summed E-state index contributed by atoms with van der Waals surface area (Å²) >= 11 is 6.20. The fourth-order valence-electron chi connectivity index (χ4n) is 3.83. The van der Waals surface area contributed by atoms with Crippen molar-refractivity contribution >= 4 is 17.5 Å². The van der Waals surface area contributed by atoms with Crippen LogP contribution in [0.15, 0.2) is 24.3 Å². The minimum absolute atomic E-state index is 0.239. The Hall–Kier alpha value is -1.10. The van der Waals surface area contributed by atoms with E-state index in [2.05, 4.69) is 5.32 Å². The molecule has 126 valence electrons. The smallest absolute Gasteiger partial charge is 0.233 e. The van der Waals surface area contributed by atoms with Crippen LogP contribution in [0.2, 0.25) is 5.02 Å². The predicted octanol–water partition coefficient (Wildman–Crippen LogP) is 2.60. The van der Waals surface area contributed by atoms with Crippen molar-refractivity contribution in [1.29, 1.82) is 0 Å². The van der Waals surface area contributed by atoms with Gasteiger partial charge in [0.15, 0.2) is 0 Å². The number of rotatable bonds is 3. The molecule has 2 aliphatic heterocycles. The molecule has 1 aromatic carbocycles. The Morgan fingerprint density at radius 2 is 2.17 bits per heavy atom. The highest BCUT2D eigenvalue weighted by molar-refractivity contribution is 6.30. The summed E-state index contributed by atoms with van der Waals surface area (Å²) < 4.78 is 5.54. The highest BCUT2D eigenvalue weighted by Gasteiger charge is 2.44. The summed E-state index contributed by atoms with van der Waals surface area (Å²) in [5, 5.41) is 4.00. The minimum Gasteiger partial charge on any atom is -0.381 e. The van der Waals surface area contributed by atoms with Crippen molar-refractivity contribution in [2.24, 2.45) is 0 Å². The van der Waals surface area contributed by atoms with E-state index in [9.17, 15) is 4.79 Å².